The highest BCUT2D eigenvalue weighted by atomic mass is 16.4. The molecule has 0 radical (unpaired) electrons. The molecular formula is C25H30N4O9. The van der Waals surface area contributed by atoms with Gasteiger partial charge in [-0.2, -0.15) is 0 Å². The second-order valence-corrected chi connectivity index (χ2v) is 8.47. The van der Waals surface area contributed by atoms with Gasteiger partial charge >= 0.3 is 11.9 Å². The van der Waals surface area contributed by atoms with Crippen LogP contribution in [0.1, 0.15) is 17.5 Å². The summed E-state index contributed by atoms with van der Waals surface area (Å²) in [5, 5.41) is 44.5. The summed E-state index contributed by atoms with van der Waals surface area (Å²) in [4.78, 5) is 60.8. The van der Waals surface area contributed by atoms with Gasteiger partial charge in [0, 0.05) is 12.8 Å². The lowest BCUT2D eigenvalue weighted by Gasteiger charge is -2.24. The van der Waals surface area contributed by atoms with Crippen LogP contribution in [0.2, 0.25) is 0 Å². The van der Waals surface area contributed by atoms with Gasteiger partial charge in [-0.3, -0.25) is 19.2 Å². The summed E-state index contributed by atoms with van der Waals surface area (Å²) in [7, 11) is 0. The first-order valence-corrected chi connectivity index (χ1v) is 11.5. The van der Waals surface area contributed by atoms with Gasteiger partial charge in [0.15, 0.2) is 0 Å². The molecule has 0 fully saturated rings. The molecule has 2 rings (SSSR count). The SMILES string of the molecule is NC(CC(=O)O)C(=O)NC(Cc1ccc(O)cc1)C(=O)NC(CO)C(=O)NC(Cc1ccccc1)C(=O)O. The number of phenolic OH excluding ortho intramolecular Hbond substituents is 1. The van der Waals surface area contributed by atoms with E-state index in [1.807, 2.05) is 0 Å². The minimum atomic E-state index is -1.56. The van der Waals surface area contributed by atoms with Gasteiger partial charge in [0.1, 0.15) is 23.9 Å². The predicted molar refractivity (Wildman–Crippen MR) is 133 cm³/mol. The van der Waals surface area contributed by atoms with E-state index in [2.05, 4.69) is 16.0 Å². The molecule has 204 valence electrons. The summed E-state index contributed by atoms with van der Waals surface area (Å²) in [5.41, 5.74) is 6.72. The molecule has 0 heterocycles. The van der Waals surface area contributed by atoms with Crippen molar-refractivity contribution in [1.29, 1.82) is 0 Å². The number of aliphatic carboxylic acids is 2. The largest absolute Gasteiger partial charge is 0.508 e. The lowest BCUT2D eigenvalue weighted by atomic mass is 10.0. The third-order valence-electron chi connectivity index (χ3n) is 5.45. The van der Waals surface area contributed by atoms with Crippen LogP contribution < -0.4 is 21.7 Å². The summed E-state index contributed by atoms with van der Waals surface area (Å²) in [6, 6.07) is 8.46. The second kappa shape index (κ2) is 14.3. The van der Waals surface area contributed by atoms with E-state index >= 15 is 0 Å². The van der Waals surface area contributed by atoms with Crippen LogP contribution in [0.4, 0.5) is 0 Å². The molecule has 0 spiro atoms. The number of carboxylic acid groups (broad SMARTS) is 2. The van der Waals surface area contributed by atoms with Crippen molar-refractivity contribution in [2.75, 3.05) is 6.61 Å². The molecule has 0 saturated carbocycles. The molecule has 0 aliphatic rings. The molecule has 9 N–H and O–H groups in total. The van der Waals surface area contributed by atoms with Gasteiger partial charge in [0.2, 0.25) is 17.7 Å². The average molecular weight is 531 g/mol. The number of nitrogens with one attached hydrogen (secondary N) is 3. The highest BCUT2D eigenvalue weighted by Crippen LogP contribution is 2.12. The number of nitrogens with two attached hydrogens (primary N) is 1. The maximum Gasteiger partial charge on any atom is 0.326 e. The van der Waals surface area contributed by atoms with E-state index in [1.54, 1.807) is 30.3 Å². The fraction of sp³-hybridized carbons (Fsp3) is 0.320. The molecule has 13 nitrogen and oxygen atoms in total. The highest BCUT2D eigenvalue weighted by molar-refractivity contribution is 5.95. The van der Waals surface area contributed by atoms with Crippen molar-refractivity contribution in [2.24, 2.45) is 5.73 Å². The number of benzene rings is 2. The molecular weight excluding hydrogens is 500 g/mol. The van der Waals surface area contributed by atoms with Crippen LogP contribution in [0.5, 0.6) is 5.75 Å². The first-order chi connectivity index (χ1) is 18.0. The number of hydrogen-bond donors (Lipinski definition) is 8. The van der Waals surface area contributed by atoms with E-state index < -0.39 is 66.9 Å². The summed E-state index contributed by atoms with van der Waals surface area (Å²) >= 11 is 0. The Kier molecular flexibility index (Phi) is 11.2. The summed E-state index contributed by atoms with van der Waals surface area (Å²) in [5.74, 6) is -5.52. The van der Waals surface area contributed by atoms with E-state index in [-0.39, 0.29) is 18.6 Å². The van der Waals surface area contributed by atoms with Crippen LogP contribution in [0, 0.1) is 0 Å². The minimum Gasteiger partial charge on any atom is -0.508 e. The Morgan fingerprint density at radius 3 is 1.76 bits per heavy atom. The normalized spacial score (nSPS) is 13.8. The van der Waals surface area contributed by atoms with Crippen LogP contribution >= 0.6 is 0 Å². The second-order valence-electron chi connectivity index (χ2n) is 8.47. The van der Waals surface area contributed by atoms with Gasteiger partial charge in [0.05, 0.1) is 19.1 Å². The number of hydrogen-bond acceptors (Lipinski definition) is 8. The molecule has 4 atom stereocenters. The van der Waals surface area contributed by atoms with Crippen LogP contribution in [-0.2, 0) is 36.8 Å². The van der Waals surface area contributed by atoms with Crippen molar-refractivity contribution in [3.8, 4) is 5.75 Å². The maximum absolute atomic E-state index is 13.0. The fourth-order valence-electron chi connectivity index (χ4n) is 3.43. The Morgan fingerprint density at radius 2 is 1.21 bits per heavy atom. The Labute approximate surface area is 217 Å². The van der Waals surface area contributed by atoms with E-state index in [1.165, 1.54) is 24.3 Å². The highest BCUT2D eigenvalue weighted by Gasteiger charge is 2.30. The van der Waals surface area contributed by atoms with Crippen molar-refractivity contribution < 1.29 is 44.4 Å². The molecule has 0 saturated heterocycles. The minimum absolute atomic E-state index is 0.0391. The first-order valence-electron chi connectivity index (χ1n) is 11.5. The molecule has 0 aromatic heterocycles. The van der Waals surface area contributed by atoms with E-state index in [0.717, 1.165) is 0 Å². The summed E-state index contributed by atoms with van der Waals surface area (Å²) in [6.07, 6.45) is -0.878. The molecule has 4 unspecified atom stereocenters. The Hall–Kier alpha value is -4.49. The summed E-state index contributed by atoms with van der Waals surface area (Å²) < 4.78 is 0. The topological polar surface area (TPSA) is 228 Å². The molecule has 0 aliphatic carbocycles. The molecule has 13 heteroatoms. The standard InChI is InChI=1S/C25H30N4O9/c26-17(12-21(32)33)22(34)27-18(10-15-6-8-16(31)9-7-15)23(35)29-20(13-30)24(36)28-19(25(37)38)11-14-4-2-1-3-5-14/h1-9,17-20,30-31H,10-13,26H2,(H,27,34)(H,28,36)(H,29,35)(H,32,33)(H,37,38). The van der Waals surface area contributed by atoms with Crippen LogP contribution in [0.3, 0.4) is 0 Å². The Balaban J connectivity index is 2.15. The van der Waals surface area contributed by atoms with Crippen LogP contribution in [0.15, 0.2) is 54.6 Å². The monoisotopic (exact) mass is 530 g/mol. The molecule has 0 aliphatic heterocycles. The number of carbonyl (C=O) groups excluding carboxylic acids is 3. The van der Waals surface area contributed by atoms with Gasteiger partial charge in [0.25, 0.3) is 0 Å². The van der Waals surface area contributed by atoms with Crippen molar-refractivity contribution in [2.45, 2.75) is 43.4 Å². The third kappa shape index (κ3) is 9.52. The number of amides is 3. The summed E-state index contributed by atoms with van der Waals surface area (Å²) in [6.45, 7) is -0.881. The van der Waals surface area contributed by atoms with Crippen LogP contribution in [0.25, 0.3) is 0 Å². The van der Waals surface area contributed by atoms with Crippen molar-refractivity contribution in [3.63, 3.8) is 0 Å². The zero-order valence-electron chi connectivity index (χ0n) is 20.2. The molecule has 2 aromatic carbocycles. The fourth-order valence-corrected chi connectivity index (χ4v) is 3.43. The van der Waals surface area contributed by atoms with Crippen molar-refractivity contribution >= 4 is 29.7 Å². The van der Waals surface area contributed by atoms with Crippen LogP contribution in [-0.4, -0.2) is 80.9 Å². The lowest BCUT2D eigenvalue weighted by Crippen LogP contribution is -2.58. The quantitative estimate of drug-likeness (QED) is 0.141. The number of aromatic hydroxyl groups is 1. The van der Waals surface area contributed by atoms with E-state index in [0.29, 0.717) is 11.1 Å². The Morgan fingerprint density at radius 1 is 0.711 bits per heavy atom. The number of aliphatic hydroxyl groups is 1. The zero-order valence-corrected chi connectivity index (χ0v) is 20.2. The van der Waals surface area contributed by atoms with Crippen molar-refractivity contribution in [3.05, 3.63) is 65.7 Å². The Bertz CT molecular complexity index is 1130. The van der Waals surface area contributed by atoms with Gasteiger partial charge in [-0.25, -0.2) is 4.79 Å². The number of rotatable bonds is 14. The van der Waals surface area contributed by atoms with Gasteiger partial charge < -0.3 is 42.1 Å². The molecule has 3 amide bonds. The first kappa shape index (κ1) is 29.7. The van der Waals surface area contributed by atoms with Gasteiger partial charge in [-0.1, -0.05) is 42.5 Å². The lowest BCUT2D eigenvalue weighted by molar-refractivity contribution is -0.142. The number of aliphatic hydroxyl groups excluding tert-OH is 1. The number of carbonyl (C=O) groups is 5. The van der Waals surface area contributed by atoms with Gasteiger partial charge in [-0.05, 0) is 23.3 Å². The molecule has 2 aromatic rings. The van der Waals surface area contributed by atoms with Gasteiger partial charge in [-0.15, -0.1) is 0 Å². The predicted octanol–water partition coefficient (Wildman–Crippen LogP) is -1.49. The van der Waals surface area contributed by atoms with Crippen molar-refractivity contribution in [1.82, 2.24) is 16.0 Å². The third-order valence-corrected chi connectivity index (χ3v) is 5.45. The van der Waals surface area contributed by atoms with E-state index in [9.17, 15) is 39.3 Å². The zero-order chi connectivity index (χ0) is 28.2. The average Bonchev–Trinajstić information content (AvgIpc) is 2.87. The maximum atomic E-state index is 13.0. The number of carboxylic acids is 2. The molecule has 0 bridgehead atoms. The van der Waals surface area contributed by atoms with E-state index in [4.69, 9.17) is 10.8 Å². The molecule has 38 heavy (non-hydrogen) atoms. The number of phenols is 1. The smallest absolute Gasteiger partial charge is 0.326 e.